The minimum atomic E-state index is -3.92. The fraction of sp³-hybridized carbons (Fsp3) is 0.375. The predicted molar refractivity (Wildman–Crippen MR) is 125 cm³/mol. The van der Waals surface area contributed by atoms with E-state index >= 15 is 0 Å². The number of hydrogen-bond donors (Lipinski definition) is 1. The molecule has 1 aliphatic heterocycles. The number of aromatic nitrogens is 1. The van der Waals surface area contributed by atoms with Crippen LogP contribution < -0.4 is 10.3 Å². The zero-order valence-corrected chi connectivity index (χ0v) is 19.8. The van der Waals surface area contributed by atoms with Crippen LogP contribution in [0, 0.1) is 13.8 Å². The average molecular weight is 473 g/mol. The van der Waals surface area contributed by atoms with Crippen LogP contribution in [0.5, 0.6) is 5.75 Å². The van der Waals surface area contributed by atoms with Crippen LogP contribution in [0.3, 0.4) is 0 Å². The van der Waals surface area contributed by atoms with Crippen molar-refractivity contribution in [3.05, 3.63) is 69.5 Å². The van der Waals surface area contributed by atoms with Crippen LogP contribution >= 0.6 is 0 Å². The lowest BCUT2D eigenvalue weighted by Crippen LogP contribution is -2.43. The maximum atomic E-state index is 13.6. The molecule has 1 fully saturated rings. The molecule has 0 radical (unpaired) electrons. The third kappa shape index (κ3) is 5.11. The highest BCUT2D eigenvalue weighted by atomic mass is 32.2. The molecule has 33 heavy (non-hydrogen) atoms. The van der Waals surface area contributed by atoms with Crippen molar-refractivity contribution in [2.75, 3.05) is 33.5 Å². The predicted octanol–water partition coefficient (Wildman–Crippen LogP) is 2.76. The number of benzene rings is 2. The number of sulfonamides is 1. The Morgan fingerprint density at radius 1 is 1.09 bits per heavy atom. The number of fused-ring (bicyclic) bond motifs is 1. The van der Waals surface area contributed by atoms with Crippen molar-refractivity contribution in [3.8, 4) is 5.75 Å². The number of H-pyrrole nitrogens is 1. The van der Waals surface area contributed by atoms with Crippen molar-refractivity contribution in [2.45, 2.75) is 31.4 Å². The quantitative estimate of drug-likeness (QED) is 0.568. The van der Waals surface area contributed by atoms with Gasteiger partial charge in [-0.1, -0.05) is 0 Å². The number of aromatic amines is 1. The Morgan fingerprint density at radius 3 is 2.48 bits per heavy atom. The number of nitrogens with zero attached hydrogens (tertiary/aromatic N) is 1. The van der Waals surface area contributed by atoms with Gasteiger partial charge in [0.05, 0.1) is 37.9 Å². The van der Waals surface area contributed by atoms with E-state index in [0.29, 0.717) is 31.1 Å². The first-order valence-electron chi connectivity index (χ1n) is 10.7. The molecule has 8 nitrogen and oxygen atoms in total. The molecule has 2 aromatic carbocycles. The summed E-state index contributed by atoms with van der Waals surface area (Å²) in [6.45, 7) is 5.13. The van der Waals surface area contributed by atoms with E-state index in [-0.39, 0.29) is 23.5 Å². The first kappa shape index (κ1) is 23.4. The molecule has 1 aromatic heterocycles. The SMILES string of the molecule is COc1ccc(S(=O)(=O)N(Cc2cc3cc(C)c(C)cc3[nH]c2=O)C[C@H]2COCCO2)cc1. The molecule has 1 saturated heterocycles. The molecule has 1 atom stereocenters. The molecular weight excluding hydrogens is 444 g/mol. The lowest BCUT2D eigenvalue weighted by atomic mass is 10.0. The number of aryl methyl sites for hydroxylation is 2. The Bertz CT molecular complexity index is 1300. The Morgan fingerprint density at radius 2 is 1.82 bits per heavy atom. The van der Waals surface area contributed by atoms with E-state index < -0.39 is 16.1 Å². The van der Waals surface area contributed by atoms with Gasteiger partial charge in [-0.3, -0.25) is 4.79 Å². The number of ether oxygens (including phenoxy) is 3. The standard InChI is InChI=1S/C24H28N2O6S/c1-16-10-18-12-19(24(27)25-23(18)11-17(16)2)13-26(14-21-15-31-8-9-32-21)33(28,29)22-6-4-20(30-3)5-7-22/h4-7,10-12,21H,8-9,13-15H2,1-3H3,(H,25,27)/t21-/m0/s1. The molecule has 1 aliphatic rings. The minimum absolute atomic E-state index is 0.0682. The molecular formula is C24H28N2O6S. The smallest absolute Gasteiger partial charge is 0.252 e. The largest absolute Gasteiger partial charge is 0.497 e. The molecule has 0 spiro atoms. The minimum Gasteiger partial charge on any atom is -0.497 e. The summed E-state index contributed by atoms with van der Waals surface area (Å²) in [6, 6.07) is 11.9. The van der Waals surface area contributed by atoms with Gasteiger partial charge in [0.25, 0.3) is 5.56 Å². The van der Waals surface area contributed by atoms with Gasteiger partial charge in [-0.2, -0.15) is 4.31 Å². The van der Waals surface area contributed by atoms with Crippen LogP contribution in [-0.4, -0.2) is 57.3 Å². The van der Waals surface area contributed by atoms with Crippen LogP contribution in [0.15, 0.2) is 52.2 Å². The second-order valence-corrected chi connectivity index (χ2v) is 10.1. The number of methoxy groups -OCH3 is 1. The fourth-order valence-electron chi connectivity index (χ4n) is 3.84. The lowest BCUT2D eigenvalue weighted by Gasteiger charge is -2.29. The van der Waals surface area contributed by atoms with Crippen molar-refractivity contribution in [1.82, 2.24) is 9.29 Å². The summed E-state index contributed by atoms with van der Waals surface area (Å²) < 4.78 is 44.7. The van der Waals surface area contributed by atoms with Gasteiger partial charge in [-0.15, -0.1) is 0 Å². The number of pyridine rings is 1. The Hall–Kier alpha value is -2.72. The van der Waals surface area contributed by atoms with Gasteiger partial charge < -0.3 is 19.2 Å². The van der Waals surface area contributed by atoms with Crippen molar-refractivity contribution >= 4 is 20.9 Å². The van der Waals surface area contributed by atoms with Gasteiger partial charge >= 0.3 is 0 Å². The highest BCUT2D eigenvalue weighted by Gasteiger charge is 2.30. The molecule has 4 rings (SSSR count). The molecule has 0 amide bonds. The average Bonchev–Trinajstić information content (AvgIpc) is 2.81. The Kier molecular flexibility index (Phi) is 6.85. The highest BCUT2D eigenvalue weighted by molar-refractivity contribution is 7.89. The maximum Gasteiger partial charge on any atom is 0.252 e. The topological polar surface area (TPSA) is 97.9 Å². The molecule has 3 aromatic rings. The monoisotopic (exact) mass is 472 g/mol. The number of nitrogens with one attached hydrogen (secondary N) is 1. The van der Waals surface area contributed by atoms with Gasteiger partial charge in [0.1, 0.15) is 5.75 Å². The van der Waals surface area contributed by atoms with Gasteiger partial charge in [0.2, 0.25) is 10.0 Å². The fourth-order valence-corrected chi connectivity index (χ4v) is 5.29. The Labute approximate surface area is 193 Å². The molecule has 0 saturated carbocycles. The Balaban J connectivity index is 1.72. The second kappa shape index (κ2) is 9.64. The van der Waals surface area contributed by atoms with Crippen LogP contribution in [0.2, 0.25) is 0 Å². The van der Waals surface area contributed by atoms with Gasteiger partial charge in [0, 0.05) is 24.2 Å². The summed E-state index contributed by atoms with van der Waals surface area (Å²) in [5, 5.41) is 0.853. The van der Waals surface area contributed by atoms with E-state index in [1.165, 1.54) is 23.5 Å². The summed E-state index contributed by atoms with van der Waals surface area (Å²) in [7, 11) is -2.40. The molecule has 0 aliphatic carbocycles. The summed E-state index contributed by atoms with van der Waals surface area (Å²) in [4.78, 5) is 15.9. The van der Waals surface area contributed by atoms with E-state index in [4.69, 9.17) is 14.2 Å². The van der Waals surface area contributed by atoms with Crippen LogP contribution in [0.4, 0.5) is 0 Å². The van der Waals surface area contributed by atoms with Crippen LogP contribution in [0.1, 0.15) is 16.7 Å². The molecule has 1 N–H and O–H groups in total. The van der Waals surface area contributed by atoms with Crippen LogP contribution in [-0.2, 0) is 26.0 Å². The van der Waals surface area contributed by atoms with Gasteiger partial charge in [-0.05, 0) is 72.8 Å². The summed E-state index contributed by atoms with van der Waals surface area (Å²) in [5.74, 6) is 0.557. The van der Waals surface area contributed by atoms with Gasteiger partial charge in [0.15, 0.2) is 0 Å². The third-order valence-electron chi connectivity index (χ3n) is 5.87. The van der Waals surface area contributed by atoms with E-state index in [1.54, 1.807) is 18.2 Å². The van der Waals surface area contributed by atoms with Crippen molar-refractivity contribution < 1.29 is 22.6 Å². The normalized spacial score (nSPS) is 16.9. The van der Waals surface area contributed by atoms with Crippen molar-refractivity contribution in [1.29, 1.82) is 0 Å². The summed E-state index contributed by atoms with van der Waals surface area (Å²) in [6.07, 6.45) is -0.420. The molecule has 9 heteroatoms. The number of rotatable bonds is 7. The van der Waals surface area contributed by atoms with Crippen LogP contribution in [0.25, 0.3) is 10.9 Å². The second-order valence-electron chi connectivity index (χ2n) is 8.19. The number of hydrogen-bond acceptors (Lipinski definition) is 6. The molecule has 0 unspecified atom stereocenters. The summed E-state index contributed by atoms with van der Waals surface area (Å²) >= 11 is 0. The molecule has 176 valence electrons. The zero-order chi connectivity index (χ0) is 23.6. The molecule has 2 heterocycles. The van der Waals surface area contributed by atoms with E-state index in [2.05, 4.69) is 4.98 Å². The van der Waals surface area contributed by atoms with E-state index in [9.17, 15) is 13.2 Å². The molecule has 0 bridgehead atoms. The third-order valence-corrected chi connectivity index (χ3v) is 7.70. The van der Waals surface area contributed by atoms with E-state index in [0.717, 1.165) is 22.0 Å². The first-order valence-corrected chi connectivity index (χ1v) is 12.2. The van der Waals surface area contributed by atoms with Crippen molar-refractivity contribution in [3.63, 3.8) is 0 Å². The maximum absolute atomic E-state index is 13.6. The zero-order valence-electron chi connectivity index (χ0n) is 19.0. The van der Waals surface area contributed by atoms with Crippen molar-refractivity contribution in [2.24, 2.45) is 0 Å². The lowest BCUT2D eigenvalue weighted by molar-refractivity contribution is -0.0923. The highest BCUT2D eigenvalue weighted by Crippen LogP contribution is 2.23. The van der Waals surface area contributed by atoms with E-state index in [1.807, 2.05) is 26.0 Å². The summed E-state index contributed by atoms with van der Waals surface area (Å²) in [5.41, 5.74) is 2.93. The first-order chi connectivity index (χ1) is 15.8. The van der Waals surface area contributed by atoms with Gasteiger partial charge in [-0.25, -0.2) is 8.42 Å².